The van der Waals surface area contributed by atoms with Crippen molar-refractivity contribution in [2.24, 2.45) is 0 Å². The fourth-order valence-corrected chi connectivity index (χ4v) is 2.87. The Morgan fingerprint density at radius 2 is 2.19 bits per heavy atom. The molecule has 3 aromatic heterocycles. The van der Waals surface area contributed by atoms with Gasteiger partial charge in [0.05, 0.1) is 6.42 Å². The van der Waals surface area contributed by atoms with Gasteiger partial charge in [0.25, 0.3) is 0 Å². The summed E-state index contributed by atoms with van der Waals surface area (Å²) in [6, 6.07) is 9.77. The summed E-state index contributed by atoms with van der Waals surface area (Å²) in [5.74, 6) is 1.00. The van der Waals surface area contributed by atoms with E-state index in [0.717, 1.165) is 29.2 Å². The molecule has 6 heteroatoms. The molecule has 0 saturated heterocycles. The summed E-state index contributed by atoms with van der Waals surface area (Å²) in [5.41, 5.74) is 0.856. The van der Waals surface area contributed by atoms with Gasteiger partial charge in [-0.05, 0) is 30.0 Å². The number of aryl methyl sites for hydroxylation is 1. The molecule has 3 aromatic rings. The zero-order chi connectivity index (χ0) is 14.5. The molecule has 1 N–H and O–H groups in total. The first-order valence-electron chi connectivity index (χ1n) is 6.90. The summed E-state index contributed by atoms with van der Waals surface area (Å²) in [6.07, 6.45) is 4.07. The summed E-state index contributed by atoms with van der Waals surface area (Å²) in [6.45, 7) is 0.659. The van der Waals surface area contributed by atoms with Gasteiger partial charge in [-0.25, -0.2) is 0 Å². The maximum absolute atomic E-state index is 11.7. The Labute approximate surface area is 126 Å². The first-order chi connectivity index (χ1) is 10.3. The normalized spacial score (nSPS) is 10.9. The molecule has 5 nitrogen and oxygen atoms in total. The van der Waals surface area contributed by atoms with Crippen LogP contribution in [-0.4, -0.2) is 27.0 Å². The Morgan fingerprint density at radius 1 is 1.24 bits per heavy atom. The minimum Gasteiger partial charge on any atom is -0.356 e. The summed E-state index contributed by atoms with van der Waals surface area (Å²) < 4.78 is 1.98. The second-order valence-electron chi connectivity index (χ2n) is 4.75. The van der Waals surface area contributed by atoms with Gasteiger partial charge in [0.15, 0.2) is 5.65 Å². The molecular formula is C15H16N4OS. The van der Waals surface area contributed by atoms with Crippen LogP contribution in [0.3, 0.4) is 0 Å². The third kappa shape index (κ3) is 3.46. The van der Waals surface area contributed by atoms with E-state index in [0.29, 0.717) is 13.0 Å². The monoisotopic (exact) mass is 300 g/mol. The predicted octanol–water partition coefficient (Wildman–Crippen LogP) is 2.08. The summed E-state index contributed by atoms with van der Waals surface area (Å²) in [7, 11) is 0. The Kier molecular flexibility index (Phi) is 4.25. The Morgan fingerprint density at radius 3 is 3.05 bits per heavy atom. The highest BCUT2D eigenvalue weighted by Gasteiger charge is 2.06. The van der Waals surface area contributed by atoms with Crippen LogP contribution in [0.25, 0.3) is 5.65 Å². The van der Waals surface area contributed by atoms with E-state index >= 15 is 0 Å². The minimum absolute atomic E-state index is 0.0727. The number of nitrogens with zero attached hydrogens (tertiary/aromatic N) is 3. The molecule has 0 spiro atoms. The standard InChI is InChI=1S/C15H16N4OS/c20-15(11-12-5-4-10-21-12)16-8-3-7-14-18-17-13-6-1-2-9-19(13)14/h1-2,4-6,9-10H,3,7-8,11H2,(H,16,20). The summed E-state index contributed by atoms with van der Waals surface area (Å²) >= 11 is 1.61. The molecule has 0 bridgehead atoms. The second-order valence-corrected chi connectivity index (χ2v) is 5.79. The molecule has 0 atom stereocenters. The third-order valence-corrected chi connectivity index (χ3v) is 4.07. The van der Waals surface area contributed by atoms with Crippen LogP contribution in [0.1, 0.15) is 17.1 Å². The quantitative estimate of drug-likeness (QED) is 0.709. The first-order valence-corrected chi connectivity index (χ1v) is 7.78. The maximum Gasteiger partial charge on any atom is 0.225 e. The number of pyridine rings is 1. The largest absolute Gasteiger partial charge is 0.356 e. The first kappa shape index (κ1) is 13.8. The number of fused-ring (bicyclic) bond motifs is 1. The minimum atomic E-state index is 0.0727. The van der Waals surface area contributed by atoms with Crippen molar-refractivity contribution in [2.75, 3.05) is 6.54 Å². The summed E-state index contributed by atoms with van der Waals surface area (Å²) in [5, 5.41) is 13.2. The van der Waals surface area contributed by atoms with Crippen molar-refractivity contribution in [3.05, 3.63) is 52.6 Å². The molecule has 21 heavy (non-hydrogen) atoms. The summed E-state index contributed by atoms with van der Waals surface area (Å²) in [4.78, 5) is 12.8. The van der Waals surface area contributed by atoms with Gasteiger partial charge < -0.3 is 5.32 Å². The number of rotatable bonds is 6. The fourth-order valence-electron chi connectivity index (χ4n) is 2.17. The van der Waals surface area contributed by atoms with Gasteiger partial charge in [0, 0.05) is 24.0 Å². The average molecular weight is 300 g/mol. The highest BCUT2D eigenvalue weighted by atomic mass is 32.1. The van der Waals surface area contributed by atoms with E-state index < -0.39 is 0 Å². The molecule has 1 amide bonds. The number of hydrogen-bond donors (Lipinski definition) is 1. The van der Waals surface area contributed by atoms with Crippen molar-refractivity contribution in [3.63, 3.8) is 0 Å². The zero-order valence-corrected chi connectivity index (χ0v) is 12.3. The van der Waals surface area contributed by atoms with Gasteiger partial charge in [-0.2, -0.15) is 0 Å². The number of hydrogen-bond acceptors (Lipinski definition) is 4. The van der Waals surface area contributed by atoms with E-state index in [9.17, 15) is 4.79 Å². The lowest BCUT2D eigenvalue weighted by molar-refractivity contribution is -0.120. The number of aromatic nitrogens is 3. The van der Waals surface area contributed by atoms with Gasteiger partial charge in [0.2, 0.25) is 5.91 Å². The van der Waals surface area contributed by atoms with E-state index in [-0.39, 0.29) is 5.91 Å². The molecule has 0 radical (unpaired) electrons. The van der Waals surface area contributed by atoms with Gasteiger partial charge in [-0.3, -0.25) is 9.20 Å². The van der Waals surface area contributed by atoms with Gasteiger partial charge in [-0.1, -0.05) is 12.1 Å². The van der Waals surface area contributed by atoms with Gasteiger partial charge in [-0.15, -0.1) is 21.5 Å². The van der Waals surface area contributed by atoms with Gasteiger partial charge >= 0.3 is 0 Å². The fraction of sp³-hybridized carbons (Fsp3) is 0.267. The van der Waals surface area contributed by atoms with Crippen molar-refractivity contribution in [1.82, 2.24) is 19.9 Å². The molecule has 3 heterocycles. The van der Waals surface area contributed by atoms with E-state index in [4.69, 9.17) is 0 Å². The van der Waals surface area contributed by atoms with Crippen LogP contribution in [0.2, 0.25) is 0 Å². The van der Waals surface area contributed by atoms with E-state index in [2.05, 4.69) is 15.5 Å². The molecule has 0 aliphatic carbocycles. The van der Waals surface area contributed by atoms with Crippen LogP contribution in [0, 0.1) is 0 Å². The number of thiophene rings is 1. The Bertz CT molecular complexity index is 720. The molecule has 0 aromatic carbocycles. The molecule has 0 aliphatic heterocycles. The van der Waals surface area contributed by atoms with Crippen molar-refractivity contribution in [3.8, 4) is 0 Å². The van der Waals surface area contributed by atoms with Crippen molar-refractivity contribution < 1.29 is 4.79 Å². The highest BCUT2D eigenvalue weighted by Crippen LogP contribution is 2.09. The third-order valence-electron chi connectivity index (χ3n) is 3.20. The van der Waals surface area contributed by atoms with Crippen molar-refractivity contribution in [2.45, 2.75) is 19.3 Å². The Hall–Kier alpha value is -2.21. The Balaban J connectivity index is 1.45. The molecule has 0 fully saturated rings. The van der Waals surface area contributed by atoms with Crippen LogP contribution in [-0.2, 0) is 17.6 Å². The smallest absolute Gasteiger partial charge is 0.225 e. The SMILES string of the molecule is O=C(Cc1cccs1)NCCCc1nnc2ccccn12. The number of amides is 1. The molecule has 0 unspecified atom stereocenters. The predicted molar refractivity (Wildman–Crippen MR) is 82.3 cm³/mol. The van der Waals surface area contributed by atoms with Gasteiger partial charge in [0.1, 0.15) is 5.82 Å². The van der Waals surface area contributed by atoms with Crippen LogP contribution >= 0.6 is 11.3 Å². The molecule has 0 aliphatic rings. The molecular weight excluding hydrogens is 284 g/mol. The van der Waals surface area contributed by atoms with Crippen LogP contribution in [0.4, 0.5) is 0 Å². The second kappa shape index (κ2) is 6.49. The molecule has 0 saturated carbocycles. The lowest BCUT2D eigenvalue weighted by atomic mass is 10.2. The van der Waals surface area contributed by atoms with Crippen LogP contribution < -0.4 is 5.32 Å². The van der Waals surface area contributed by atoms with Crippen LogP contribution in [0.5, 0.6) is 0 Å². The van der Waals surface area contributed by atoms with Crippen LogP contribution in [0.15, 0.2) is 41.9 Å². The topological polar surface area (TPSA) is 59.3 Å². The lowest BCUT2D eigenvalue weighted by Crippen LogP contribution is -2.26. The molecule has 3 rings (SSSR count). The number of nitrogens with one attached hydrogen (secondary N) is 1. The highest BCUT2D eigenvalue weighted by molar-refractivity contribution is 7.10. The number of carbonyl (C=O) groups is 1. The maximum atomic E-state index is 11.7. The molecule has 108 valence electrons. The van der Waals surface area contributed by atoms with E-state index in [1.807, 2.05) is 46.3 Å². The van der Waals surface area contributed by atoms with E-state index in [1.165, 1.54) is 0 Å². The lowest BCUT2D eigenvalue weighted by Gasteiger charge is -2.04. The average Bonchev–Trinajstić information content (AvgIpc) is 3.13. The van der Waals surface area contributed by atoms with Crippen molar-refractivity contribution >= 4 is 22.9 Å². The number of carbonyl (C=O) groups excluding carboxylic acids is 1. The van der Waals surface area contributed by atoms with Crippen molar-refractivity contribution in [1.29, 1.82) is 0 Å². The zero-order valence-electron chi connectivity index (χ0n) is 11.5. The van der Waals surface area contributed by atoms with E-state index in [1.54, 1.807) is 11.3 Å².